The molecule has 17 heavy (non-hydrogen) atoms. The van der Waals surface area contributed by atoms with Crippen LogP contribution in [0, 0.1) is 0 Å². The first-order valence-electron chi connectivity index (χ1n) is 4.40. The van der Waals surface area contributed by atoms with Crippen LogP contribution in [0.25, 0.3) is 0 Å². The van der Waals surface area contributed by atoms with E-state index >= 15 is 0 Å². The van der Waals surface area contributed by atoms with Crippen LogP contribution in [0.1, 0.15) is 10.4 Å². The van der Waals surface area contributed by atoms with Crippen molar-refractivity contribution in [2.75, 3.05) is 0 Å². The Morgan fingerprint density at radius 3 is 2.47 bits per heavy atom. The number of aliphatic hydroxyl groups excluding tert-OH is 1. The number of carboxylic acid groups (broad SMARTS) is 1. The molecule has 5 nitrogen and oxygen atoms in total. The Morgan fingerprint density at radius 1 is 1.41 bits per heavy atom. The summed E-state index contributed by atoms with van der Waals surface area (Å²) >= 11 is 0. The van der Waals surface area contributed by atoms with E-state index in [2.05, 4.69) is 0 Å². The number of rotatable bonds is 3. The molecule has 0 radical (unpaired) electrons. The molecule has 0 aromatic carbocycles. The lowest BCUT2D eigenvalue weighted by molar-refractivity contribution is -0.207. The van der Waals surface area contributed by atoms with E-state index in [9.17, 15) is 22.8 Å². The van der Waals surface area contributed by atoms with Gasteiger partial charge in [0, 0.05) is 12.3 Å². The molecular weight excluding hydrogens is 243 g/mol. The number of halogens is 3. The van der Waals surface area contributed by atoms with Gasteiger partial charge < -0.3 is 14.8 Å². The molecule has 0 amide bonds. The van der Waals surface area contributed by atoms with Gasteiger partial charge in [-0.2, -0.15) is 13.2 Å². The van der Waals surface area contributed by atoms with Crippen molar-refractivity contribution in [3.05, 3.63) is 34.2 Å². The number of carbonyl (C=O) groups is 1. The highest BCUT2D eigenvalue weighted by Crippen LogP contribution is 2.20. The highest BCUT2D eigenvalue weighted by molar-refractivity contribution is 5.87. The summed E-state index contributed by atoms with van der Waals surface area (Å²) in [6, 6.07) is 1.80. The van der Waals surface area contributed by atoms with Gasteiger partial charge >= 0.3 is 12.1 Å². The van der Waals surface area contributed by atoms with Crippen molar-refractivity contribution in [1.29, 1.82) is 0 Å². The number of aromatic nitrogens is 1. The van der Waals surface area contributed by atoms with Gasteiger partial charge in [-0.25, -0.2) is 4.79 Å². The van der Waals surface area contributed by atoms with Gasteiger partial charge in [0.05, 0.1) is 12.1 Å². The van der Waals surface area contributed by atoms with E-state index in [4.69, 9.17) is 10.2 Å². The lowest BCUT2D eigenvalue weighted by atomic mass is 10.2. The molecule has 1 heterocycles. The number of alkyl halides is 3. The summed E-state index contributed by atoms with van der Waals surface area (Å²) in [7, 11) is 0. The van der Waals surface area contributed by atoms with E-state index in [1.807, 2.05) is 0 Å². The molecule has 0 unspecified atom stereocenters. The smallest absolute Gasteiger partial charge is 0.416 e. The van der Waals surface area contributed by atoms with E-state index in [1.54, 1.807) is 0 Å². The fraction of sp³-hybridized carbons (Fsp3) is 0.333. The van der Waals surface area contributed by atoms with Gasteiger partial charge in [-0.1, -0.05) is 0 Å². The minimum absolute atomic E-state index is 0.334. The number of aliphatic hydroxyl groups is 1. The van der Waals surface area contributed by atoms with Crippen molar-refractivity contribution in [3.63, 3.8) is 0 Å². The van der Waals surface area contributed by atoms with Crippen molar-refractivity contribution in [2.24, 2.45) is 0 Å². The molecule has 0 saturated heterocycles. The zero-order valence-electron chi connectivity index (χ0n) is 8.31. The normalized spacial score (nSPS) is 13.4. The zero-order chi connectivity index (χ0) is 13.2. The molecule has 8 heteroatoms. The predicted octanol–water partition coefficient (Wildman–Crippen LogP) is 0.470. The van der Waals surface area contributed by atoms with Crippen molar-refractivity contribution in [1.82, 2.24) is 4.57 Å². The van der Waals surface area contributed by atoms with E-state index < -0.39 is 30.4 Å². The third-order valence-electron chi connectivity index (χ3n) is 1.98. The quantitative estimate of drug-likeness (QED) is 0.818. The van der Waals surface area contributed by atoms with Gasteiger partial charge in [0.1, 0.15) is 0 Å². The standard InChI is InChI=1S/C9H8F3NO4/c10-9(11,12)6(14)4-13-3-5(8(16)17)1-2-7(13)15/h1-3,6,14H,4H2,(H,16,17)/t6-/m0/s1. The van der Waals surface area contributed by atoms with E-state index in [0.29, 0.717) is 4.57 Å². The molecule has 94 valence electrons. The van der Waals surface area contributed by atoms with Crippen LogP contribution >= 0.6 is 0 Å². The Hall–Kier alpha value is -1.83. The minimum atomic E-state index is -4.86. The lowest BCUT2D eigenvalue weighted by Gasteiger charge is -2.15. The van der Waals surface area contributed by atoms with E-state index in [0.717, 1.165) is 18.3 Å². The second-order valence-electron chi connectivity index (χ2n) is 3.27. The molecule has 2 N–H and O–H groups in total. The molecule has 0 fully saturated rings. The van der Waals surface area contributed by atoms with Gasteiger partial charge in [-0.05, 0) is 6.07 Å². The summed E-state index contributed by atoms with van der Waals surface area (Å²) in [5.74, 6) is -1.37. The second kappa shape index (κ2) is 4.58. The number of pyridine rings is 1. The monoisotopic (exact) mass is 251 g/mol. The van der Waals surface area contributed by atoms with Crippen molar-refractivity contribution in [3.8, 4) is 0 Å². The van der Waals surface area contributed by atoms with Crippen LogP contribution in [0.4, 0.5) is 13.2 Å². The molecular formula is C9H8F3NO4. The summed E-state index contributed by atoms with van der Waals surface area (Å²) in [6.07, 6.45) is -6.83. The Morgan fingerprint density at radius 2 is 2.00 bits per heavy atom. The van der Waals surface area contributed by atoms with Crippen LogP contribution in [0.3, 0.4) is 0 Å². The summed E-state index contributed by atoms with van der Waals surface area (Å²) in [5.41, 5.74) is -1.16. The summed E-state index contributed by atoms with van der Waals surface area (Å²) in [4.78, 5) is 21.7. The third-order valence-corrected chi connectivity index (χ3v) is 1.98. The van der Waals surface area contributed by atoms with E-state index in [-0.39, 0.29) is 5.56 Å². The highest BCUT2D eigenvalue weighted by Gasteiger charge is 2.38. The number of aromatic carboxylic acids is 1. The summed E-state index contributed by atoms with van der Waals surface area (Å²) in [5, 5.41) is 17.4. The van der Waals surface area contributed by atoms with Gasteiger partial charge in [-0.15, -0.1) is 0 Å². The Bertz CT molecular complexity index is 480. The average molecular weight is 251 g/mol. The van der Waals surface area contributed by atoms with Gasteiger partial charge in [0.25, 0.3) is 5.56 Å². The number of hydrogen-bond donors (Lipinski definition) is 2. The fourth-order valence-electron chi connectivity index (χ4n) is 1.09. The van der Waals surface area contributed by atoms with Crippen molar-refractivity contribution >= 4 is 5.97 Å². The van der Waals surface area contributed by atoms with Crippen LogP contribution in [-0.4, -0.2) is 33.0 Å². The molecule has 0 bridgehead atoms. The number of carboxylic acids is 1. The van der Waals surface area contributed by atoms with Crippen LogP contribution in [0.5, 0.6) is 0 Å². The molecule has 0 spiro atoms. The summed E-state index contributed by atoms with van der Waals surface area (Å²) in [6.45, 7) is -1.04. The zero-order valence-corrected chi connectivity index (χ0v) is 8.31. The van der Waals surface area contributed by atoms with Crippen LogP contribution in [-0.2, 0) is 6.54 Å². The van der Waals surface area contributed by atoms with Gasteiger partial charge in [-0.3, -0.25) is 4.79 Å². The fourth-order valence-corrected chi connectivity index (χ4v) is 1.09. The maximum absolute atomic E-state index is 12.0. The molecule has 0 aliphatic carbocycles. The Labute approximate surface area is 92.7 Å². The van der Waals surface area contributed by atoms with Crippen LogP contribution in [0.15, 0.2) is 23.1 Å². The number of hydrogen-bond acceptors (Lipinski definition) is 3. The first kappa shape index (κ1) is 13.2. The van der Waals surface area contributed by atoms with Crippen molar-refractivity contribution < 1.29 is 28.2 Å². The van der Waals surface area contributed by atoms with E-state index in [1.165, 1.54) is 0 Å². The molecule has 0 aliphatic heterocycles. The average Bonchev–Trinajstić information content (AvgIpc) is 2.19. The molecule has 0 saturated carbocycles. The molecule has 1 aromatic heterocycles. The minimum Gasteiger partial charge on any atom is -0.478 e. The molecule has 1 aromatic rings. The van der Waals surface area contributed by atoms with Crippen LogP contribution in [0.2, 0.25) is 0 Å². The van der Waals surface area contributed by atoms with Gasteiger partial charge in [0.15, 0.2) is 6.10 Å². The number of nitrogens with zero attached hydrogens (tertiary/aromatic N) is 1. The Kier molecular flexibility index (Phi) is 3.56. The maximum Gasteiger partial charge on any atom is 0.416 e. The first-order valence-corrected chi connectivity index (χ1v) is 4.40. The van der Waals surface area contributed by atoms with Crippen molar-refractivity contribution in [2.45, 2.75) is 18.8 Å². The largest absolute Gasteiger partial charge is 0.478 e. The third kappa shape index (κ3) is 3.31. The predicted molar refractivity (Wildman–Crippen MR) is 49.7 cm³/mol. The topological polar surface area (TPSA) is 79.5 Å². The Balaban J connectivity index is 3.02. The molecule has 0 aliphatic rings. The summed E-state index contributed by atoms with van der Waals surface area (Å²) < 4.78 is 36.6. The first-order chi connectivity index (χ1) is 7.71. The highest BCUT2D eigenvalue weighted by atomic mass is 19.4. The SMILES string of the molecule is O=C(O)c1ccc(=O)n(C[C@H](O)C(F)(F)F)c1. The second-order valence-corrected chi connectivity index (χ2v) is 3.27. The lowest BCUT2D eigenvalue weighted by Crippen LogP contribution is -2.36. The molecule has 1 atom stereocenters. The van der Waals surface area contributed by atoms with Crippen LogP contribution < -0.4 is 5.56 Å². The van der Waals surface area contributed by atoms with Gasteiger partial charge in [0.2, 0.25) is 0 Å². The molecule has 1 rings (SSSR count). The maximum atomic E-state index is 12.0.